The number of methoxy groups -OCH3 is 1. The molecule has 0 fully saturated rings. The molecule has 0 spiro atoms. The number of hydrogen-bond donors (Lipinski definition) is 2. The van der Waals surface area contributed by atoms with Crippen LogP contribution >= 0.6 is 7.60 Å². The Morgan fingerprint density at radius 1 is 0.743 bits per heavy atom. The zero-order valence-corrected chi connectivity index (χ0v) is 24.7. The molecule has 2 atom stereocenters. The van der Waals surface area contributed by atoms with Crippen LogP contribution in [0.3, 0.4) is 0 Å². The van der Waals surface area contributed by atoms with Gasteiger partial charge in [-0.05, 0) is 6.42 Å². The Kier molecular flexibility index (Phi) is 21.0. The topological polar surface area (TPSA) is 85.2 Å². The largest absolute Gasteiger partial charge is 0.343 e. The number of hydrogen-bond acceptors (Lipinski definition) is 5. The molecule has 0 heterocycles. The fraction of sp³-hybridized carbons (Fsp3) is 1.00. The number of quaternary nitrogens is 1. The van der Waals surface area contributed by atoms with E-state index in [4.69, 9.17) is 14.0 Å². The van der Waals surface area contributed by atoms with Gasteiger partial charge in [-0.3, -0.25) is 4.57 Å². The van der Waals surface area contributed by atoms with Gasteiger partial charge >= 0.3 is 7.60 Å². The zero-order valence-electron chi connectivity index (χ0n) is 23.8. The van der Waals surface area contributed by atoms with Gasteiger partial charge < -0.3 is 28.5 Å². The molecule has 0 aliphatic carbocycles. The summed E-state index contributed by atoms with van der Waals surface area (Å²) in [6.45, 7) is 3.43. The molecule has 35 heavy (non-hydrogen) atoms. The van der Waals surface area contributed by atoms with Gasteiger partial charge in [-0.2, -0.15) is 0 Å². The van der Waals surface area contributed by atoms with Crippen LogP contribution in [0.2, 0.25) is 0 Å². The summed E-state index contributed by atoms with van der Waals surface area (Å²) in [6.07, 6.45) is 20.5. The fourth-order valence-corrected chi connectivity index (χ4v) is 4.98. The van der Waals surface area contributed by atoms with E-state index in [1.54, 1.807) is 0 Å². The monoisotopic (exact) mass is 524 g/mol. The first-order valence-electron chi connectivity index (χ1n) is 14.2. The van der Waals surface area contributed by atoms with Gasteiger partial charge in [0, 0.05) is 13.5 Å². The predicted molar refractivity (Wildman–Crippen MR) is 146 cm³/mol. The number of ether oxygens (including phenoxy) is 2. The third-order valence-corrected chi connectivity index (χ3v) is 7.78. The quantitative estimate of drug-likeness (QED) is 0.0557. The SMILES string of the molecule is CCCCCCCCCCCCCCCCCCOC(O)(CCP(=O)(O)OCC[N+](C)(C)C)OC. The van der Waals surface area contributed by atoms with Crippen molar-refractivity contribution in [3.05, 3.63) is 0 Å². The molecule has 0 saturated carbocycles. The minimum Gasteiger partial charge on any atom is -0.343 e. The van der Waals surface area contributed by atoms with E-state index in [2.05, 4.69) is 6.92 Å². The van der Waals surface area contributed by atoms with Crippen LogP contribution in [-0.4, -0.2) is 74.6 Å². The summed E-state index contributed by atoms with van der Waals surface area (Å²) in [4.78, 5) is 9.99. The van der Waals surface area contributed by atoms with E-state index in [9.17, 15) is 14.6 Å². The first-order chi connectivity index (χ1) is 16.5. The van der Waals surface area contributed by atoms with Crippen LogP contribution in [0.5, 0.6) is 0 Å². The van der Waals surface area contributed by atoms with Gasteiger partial charge in [0.25, 0.3) is 5.97 Å². The van der Waals surface area contributed by atoms with Gasteiger partial charge in [0.2, 0.25) is 0 Å². The highest BCUT2D eigenvalue weighted by molar-refractivity contribution is 7.52. The van der Waals surface area contributed by atoms with E-state index in [0.29, 0.717) is 17.6 Å². The van der Waals surface area contributed by atoms with E-state index in [0.717, 1.165) is 12.8 Å². The van der Waals surface area contributed by atoms with Crippen molar-refractivity contribution in [1.82, 2.24) is 0 Å². The molecule has 0 aromatic rings. The highest BCUT2D eigenvalue weighted by atomic mass is 31.2. The van der Waals surface area contributed by atoms with E-state index >= 15 is 0 Å². The molecule has 0 aliphatic rings. The smallest absolute Gasteiger partial charge is 0.328 e. The van der Waals surface area contributed by atoms with E-state index in [1.807, 2.05) is 21.1 Å². The molecule has 0 saturated heterocycles. The van der Waals surface area contributed by atoms with Crippen molar-refractivity contribution in [3.8, 4) is 0 Å². The number of aliphatic hydroxyl groups is 1. The second kappa shape index (κ2) is 21.0. The molecular formula is C27H59NO6P+. The number of rotatable bonds is 26. The Hall–Kier alpha value is -0.0100. The lowest BCUT2D eigenvalue weighted by Crippen LogP contribution is -2.38. The molecule has 8 heteroatoms. The second-order valence-corrected chi connectivity index (χ2v) is 13.0. The first-order valence-corrected chi connectivity index (χ1v) is 16.0. The molecule has 0 aliphatic heterocycles. The van der Waals surface area contributed by atoms with Crippen molar-refractivity contribution in [2.24, 2.45) is 0 Å². The van der Waals surface area contributed by atoms with Crippen molar-refractivity contribution in [3.63, 3.8) is 0 Å². The predicted octanol–water partition coefficient (Wildman–Crippen LogP) is 6.86. The summed E-state index contributed by atoms with van der Waals surface area (Å²) in [5, 5.41) is 10.4. The fourth-order valence-electron chi connectivity index (χ4n) is 3.92. The Morgan fingerprint density at radius 2 is 1.17 bits per heavy atom. The highest BCUT2D eigenvalue weighted by Gasteiger charge is 2.32. The molecule has 2 unspecified atom stereocenters. The third kappa shape index (κ3) is 24.1. The van der Waals surface area contributed by atoms with Gasteiger partial charge in [-0.15, -0.1) is 0 Å². The molecule has 0 rings (SSSR count). The van der Waals surface area contributed by atoms with Crippen LogP contribution in [0.15, 0.2) is 0 Å². The maximum absolute atomic E-state index is 12.2. The highest BCUT2D eigenvalue weighted by Crippen LogP contribution is 2.43. The standard InChI is InChI=1S/C27H58NO6P/c1-6-7-8-9-10-11-12-13-14-15-16-17-18-19-20-21-24-33-27(29,32-5)22-26-35(30,31)34-25-23-28(2,3)4/h29H,6-26H2,1-5H3/p+1. The van der Waals surface area contributed by atoms with Crippen molar-refractivity contribution in [2.75, 3.05) is 54.2 Å². The van der Waals surface area contributed by atoms with Crippen LogP contribution in [0, 0.1) is 0 Å². The first kappa shape index (κ1) is 35.0. The summed E-state index contributed by atoms with van der Waals surface area (Å²) < 4.78 is 28.6. The Morgan fingerprint density at radius 3 is 1.57 bits per heavy atom. The minimum absolute atomic E-state index is 0.111. The summed E-state index contributed by atoms with van der Waals surface area (Å²) in [5.41, 5.74) is 0. The summed E-state index contributed by atoms with van der Waals surface area (Å²) in [5.74, 6) is -1.85. The molecule has 0 radical (unpaired) electrons. The lowest BCUT2D eigenvalue weighted by Gasteiger charge is -2.27. The van der Waals surface area contributed by atoms with Gasteiger partial charge in [-0.1, -0.05) is 103 Å². The Balaban J connectivity index is 3.66. The van der Waals surface area contributed by atoms with Crippen molar-refractivity contribution < 1.29 is 33.0 Å². The Bertz CT molecular complexity index is 528. The van der Waals surface area contributed by atoms with Gasteiger partial charge in [-0.25, -0.2) is 0 Å². The zero-order chi connectivity index (χ0) is 26.5. The van der Waals surface area contributed by atoms with Crippen LogP contribution in [0.4, 0.5) is 0 Å². The molecule has 0 bridgehead atoms. The van der Waals surface area contributed by atoms with Crippen molar-refractivity contribution in [1.29, 1.82) is 0 Å². The normalized spacial score (nSPS) is 15.7. The van der Waals surface area contributed by atoms with Crippen molar-refractivity contribution in [2.45, 2.75) is 122 Å². The molecule has 7 nitrogen and oxygen atoms in total. The van der Waals surface area contributed by atoms with E-state index < -0.39 is 13.6 Å². The number of unbranched alkanes of at least 4 members (excludes halogenated alkanes) is 15. The lowest BCUT2D eigenvalue weighted by molar-refractivity contribution is -0.870. The van der Waals surface area contributed by atoms with E-state index in [-0.39, 0.29) is 19.2 Å². The van der Waals surface area contributed by atoms with Crippen molar-refractivity contribution >= 4 is 7.60 Å². The number of likely N-dealkylation sites (N-methyl/N-ethyl adjacent to an activating group) is 1. The van der Waals surface area contributed by atoms with Crippen LogP contribution in [0.1, 0.15) is 116 Å². The Labute approximate surface area is 217 Å². The molecule has 0 aromatic heterocycles. The van der Waals surface area contributed by atoms with E-state index in [1.165, 1.54) is 97.0 Å². The third-order valence-electron chi connectivity index (χ3n) is 6.41. The van der Waals surface area contributed by atoms with Gasteiger partial charge in [0.1, 0.15) is 13.2 Å². The molecule has 0 amide bonds. The lowest BCUT2D eigenvalue weighted by atomic mass is 10.0. The van der Waals surface area contributed by atoms with Crippen LogP contribution < -0.4 is 0 Å². The average Bonchev–Trinajstić information content (AvgIpc) is 2.79. The van der Waals surface area contributed by atoms with Crippen LogP contribution in [0.25, 0.3) is 0 Å². The summed E-state index contributed by atoms with van der Waals surface area (Å²) >= 11 is 0. The van der Waals surface area contributed by atoms with Gasteiger partial charge in [0.05, 0.1) is 33.9 Å². The maximum Gasteiger partial charge on any atom is 0.328 e. The molecule has 212 valence electrons. The van der Waals surface area contributed by atoms with Crippen LogP contribution in [-0.2, 0) is 18.6 Å². The number of nitrogens with zero attached hydrogens (tertiary/aromatic N) is 1. The molecular weight excluding hydrogens is 465 g/mol. The summed E-state index contributed by atoms with van der Waals surface area (Å²) in [7, 11) is 3.51. The molecule has 0 aromatic carbocycles. The molecule has 2 N–H and O–H groups in total. The second-order valence-electron chi connectivity index (χ2n) is 11.0. The van der Waals surface area contributed by atoms with Gasteiger partial charge in [0.15, 0.2) is 0 Å². The summed E-state index contributed by atoms with van der Waals surface area (Å²) in [6, 6.07) is 0. The average molecular weight is 525 g/mol. The minimum atomic E-state index is -3.80. The maximum atomic E-state index is 12.2.